The van der Waals surface area contributed by atoms with E-state index < -0.39 is 0 Å². The number of para-hydroxylation sites is 1. The number of nitrogens with zero attached hydrogens (tertiary/aromatic N) is 6. The van der Waals surface area contributed by atoms with Crippen molar-refractivity contribution in [3.8, 4) is 0 Å². The van der Waals surface area contributed by atoms with Gasteiger partial charge in [-0.2, -0.15) is 20.1 Å². The molecule has 0 atom stereocenters. The molecule has 0 radical (unpaired) electrons. The molecule has 0 unspecified atom stereocenters. The minimum absolute atomic E-state index is 0.363. The number of aryl methyl sites for hydroxylation is 1. The Kier molecular flexibility index (Phi) is 9.54. The number of halogens is 2. The maximum Gasteiger partial charge on any atom is 0.250 e. The fourth-order valence-corrected chi connectivity index (χ4v) is 6.67. The van der Waals surface area contributed by atoms with Crippen molar-refractivity contribution < 1.29 is 0 Å². The van der Waals surface area contributed by atoms with Crippen molar-refractivity contribution in [1.29, 1.82) is 0 Å². The van der Waals surface area contributed by atoms with E-state index in [1.165, 1.54) is 11.1 Å². The van der Waals surface area contributed by atoms with Crippen LogP contribution >= 0.6 is 23.2 Å². The van der Waals surface area contributed by atoms with E-state index in [1.807, 2.05) is 41.0 Å². The van der Waals surface area contributed by atoms with Gasteiger partial charge >= 0.3 is 0 Å². The van der Waals surface area contributed by atoms with Crippen molar-refractivity contribution >= 4 is 64.0 Å². The third kappa shape index (κ3) is 7.62. The molecule has 48 heavy (non-hydrogen) atoms. The summed E-state index contributed by atoms with van der Waals surface area (Å²) in [5, 5.41) is 10.3. The average molecular weight is 676 g/mol. The van der Waals surface area contributed by atoms with E-state index in [1.54, 1.807) is 12.4 Å². The summed E-state index contributed by atoms with van der Waals surface area (Å²) >= 11 is 12.6. The molecule has 2 N–H and O–H groups in total. The Morgan fingerprint density at radius 1 is 0.833 bits per heavy atom. The third-order valence-corrected chi connectivity index (χ3v) is 9.35. The molecule has 0 spiro atoms. The Bertz CT molecular complexity index is 2030. The van der Waals surface area contributed by atoms with Crippen molar-refractivity contribution in [2.45, 2.75) is 32.6 Å². The summed E-state index contributed by atoms with van der Waals surface area (Å²) in [5.74, 6) is 2.09. The highest BCUT2D eigenvalue weighted by atomic mass is 35.5. The van der Waals surface area contributed by atoms with Gasteiger partial charge in [-0.05, 0) is 79.1 Å². The lowest BCUT2D eigenvalue weighted by atomic mass is 9.90. The molecule has 0 aliphatic carbocycles. The number of hydrazone groups is 1. The van der Waals surface area contributed by atoms with Gasteiger partial charge in [0.05, 0.1) is 5.52 Å². The van der Waals surface area contributed by atoms with Crippen LogP contribution in [0.1, 0.15) is 35.1 Å². The minimum Gasteiger partial charge on any atom is -0.341 e. The van der Waals surface area contributed by atoms with Crippen LogP contribution in [-0.4, -0.2) is 38.9 Å². The molecule has 1 aliphatic heterocycles. The van der Waals surface area contributed by atoms with E-state index >= 15 is 0 Å². The smallest absolute Gasteiger partial charge is 0.250 e. The molecule has 6 aromatic rings. The molecule has 4 aromatic carbocycles. The molecule has 10 heteroatoms. The molecule has 1 saturated heterocycles. The summed E-state index contributed by atoms with van der Waals surface area (Å²) < 4.78 is 1.99. The van der Waals surface area contributed by atoms with Gasteiger partial charge in [0, 0.05) is 46.8 Å². The molecule has 242 valence electrons. The van der Waals surface area contributed by atoms with Crippen molar-refractivity contribution in [2.24, 2.45) is 11.0 Å². The Hall–Kier alpha value is -4.92. The van der Waals surface area contributed by atoms with Crippen LogP contribution < -0.4 is 15.6 Å². The van der Waals surface area contributed by atoms with Gasteiger partial charge in [0.1, 0.15) is 6.34 Å². The van der Waals surface area contributed by atoms with Gasteiger partial charge < -0.3 is 14.8 Å². The van der Waals surface area contributed by atoms with Crippen LogP contribution in [-0.2, 0) is 12.8 Å². The van der Waals surface area contributed by atoms with Gasteiger partial charge in [0.15, 0.2) is 0 Å². The zero-order valence-corrected chi connectivity index (χ0v) is 28.2. The van der Waals surface area contributed by atoms with E-state index in [0.717, 1.165) is 60.1 Å². The molecule has 3 heterocycles. The van der Waals surface area contributed by atoms with E-state index in [9.17, 15) is 0 Å². The number of aromatic nitrogens is 4. The monoisotopic (exact) mass is 674 g/mol. The predicted octanol–water partition coefficient (Wildman–Crippen LogP) is 9.14. The van der Waals surface area contributed by atoms with Gasteiger partial charge in [0.2, 0.25) is 17.8 Å². The summed E-state index contributed by atoms with van der Waals surface area (Å²) in [4.78, 5) is 16.5. The van der Waals surface area contributed by atoms with Gasteiger partial charge in [-0.3, -0.25) is 0 Å². The number of benzene rings is 4. The second-order valence-electron chi connectivity index (χ2n) is 12.2. The van der Waals surface area contributed by atoms with Crippen LogP contribution in [0.5, 0.6) is 0 Å². The van der Waals surface area contributed by atoms with Crippen LogP contribution in [0, 0.1) is 12.8 Å². The molecule has 0 amide bonds. The second kappa shape index (κ2) is 14.5. The molecule has 0 bridgehead atoms. The molecule has 1 aliphatic rings. The first-order valence-corrected chi connectivity index (χ1v) is 16.9. The zero-order valence-electron chi connectivity index (χ0n) is 26.7. The first-order chi connectivity index (χ1) is 23.5. The molecule has 0 saturated carbocycles. The largest absolute Gasteiger partial charge is 0.341 e. The molecule has 2 aromatic heterocycles. The second-order valence-corrected chi connectivity index (χ2v) is 13.1. The standard InChI is InChI=1S/C38H36Cl2N8/c1-26-11-15-32(16-12-26)42-36-43-37(45-38(44-36)47-19-17-28(18-20-47)21-27-7-3-2-4-8-27)46-41-25-48-24-30(33-9-5-6-10-35(33)48)22-29-13-14-31(39)23-34(29)40/h2-16,23-25,28H,17-22H2,1H3,(H2,42,43,44,45,46). The Balaban J connectivity index is 1.11. The van der Waals surface area contributed by atoms with Crippen LogP contribution in [0.15, 0.2) is 108 Å². The summed E-state index contributed by atoms with van der Waals surface area (Å²) in [5.41, 5.74) is 9.72. The quantitative estimate of drug-likeness (QED) is 0.0857. The van der Waals surface area contributed by atoms with Gasteiger partial charge in [-0.25, -0.2) is 5.43 Å². The van der Waals surface area contributed by atoms with Crippen molar-refractivity contribution in [1.82, 2.24) is 19.5 Å². The van der Waals surface area contributed by atoms with Crippen LogP contribution in [0.3, 0.4) is 0 Å². The van der Waals surface area contributed by atoms with E-state index in [2.05, 4.69) is 93.4 Å². The van der Waals surface area contributed by atoms with Crippen LogP contribution in [0.4, 0.5) is 23.5 Å². The summed E-state index contributed by atoms with van der Waals surface area (Å²) in [7, 11) is 0. The lowest BCUT2D eigenvalue weighted by Gasteiger charge is -2.32. The number of hydrogen-bond donors (Lipinski definition) is 2. The number of fused-ring (bicyclic) bond motifs is 1. The molecule has 1 fully saturated rings. The van der Waals surface area contributed by atoms with Gasteiger partial charge in [-0.15, -0.1) is 0 Å². The highest BCUT2D eigenvalue weighted by Gasteiger charge is 2.22. The molecular weight excluding hydrogens is 639 g/mol. The zero-order chi connectivity index (χ0) is 32.9. The van der Waals surface area contributed by atoms with Crippen molar-refractivity contribution in [3.05, 3.63) is 136 Å². The normalized spacial score (nSPS) is 13.8. The fourth-order valence-electron chi connectivity index (χ4n) is 6.20. The van der Waals surface area contributed by atoms with E-state index in [0.29, 0.717) is 40.2 Å². The highest BCUT2D eigenvalue weighted by molar-refractivity contribution is 6.35. The number of anilines is 4. The Labute approximate surface area is 290 Å². The Morgan fingerprint density at radius 2 is 1.58 bits per heavy atom. The summed E-state index contributed by atoms with van der Waals surface area (Å²) in [6.07, 6.45) is 7.72. The Morgan fingerprint density at radius 3 is 2.38 bits per heavy atom. The first kappa shape index (κ1) is 31.7. The molecule has 7 rings (SSSR count). The van der Waals surface area contributed by atoms with Gasteiger partial charge in [-0.1, -0.05) is 95.5 Å². The number of rotatable bonds is 10. The predicted molar refractivity (Wildman–Crippen MR) is 198 cm³/mol. The highest BCUT2D eigenvalue weighted by Crippen LogP contribution is 2.29. The topological polar surface area (TPSA) is 83.3 Å². The maximum atomic E-state index is 6.51. The summed E-state index contributed by atoms with van der Waals surface area (Å²) in [6, 6.07) is 32.7. The lowest BCUT2D eigenvalue weighted by molar-refractivity contribution is 0.400. The average Bonchev–Trinajstić information content (AvgIpc) is 3.45. The van der Waals surface area contributed by atoms with Crippen LogP contribution in [0.2, 0.25) is 10.0 Å². The lowest BCUT2D eigenvalue weighted by Crippen LogP contribution is -2.35. The van der Waals surface area contributed by atoms with Crippen molar-refractivity contribution in [3.63, 3.8) is 0 Å². The minimum atomic E-state index is 0.363. The van der Waals surface area contributed by atoms with Gasteiger partial charge in [0.25, 0.3) is 0 Å². The van der Waals surface area contributed by atoms with Crippen LogP contribution in [0.25, 0.3) is 10.9 Å². The fraction of sp³-hybridized carbons (Fsp3) is 0.211. The third-order valence-electron chi connectivity index (χ3n) is 8.76. The number of hydrogen-bond acceptors (Lipinski definition) is 7. The first-order valence-electron chi connectivity index (χ1n) is 16.2. The van der Waals surface area contributed by atoms with Crippen molar-refractivity contribution in [2.75, 3.05) is 28.7 Å². The maximum absolute atomic E-state index is 6.51. The van der Waals surface area contributed by atoms with E-state index in [-0.39, 0.29) is 0 Å². The number of piperidine rings is 1. The number of nitrogens with one attached hydrogen (secondary N) is 2. The SMILES string of the molecule is Cc1ccc(Nc2nc(NN=Cn3cc(Cc4ccc(Cl)cc4Cl)c4ccccc43)nc(N3CCC(Cc4ccccc4)CC3)n2)cc1. The summed E-state index contributed by atoms with van der Waals surface area (Å²) in [6.45, 7) is 3.82. The van der Waals surface area contributed by atoms with E-state index in [4.69, 9.17) is 33.2 Å². The molecular formula is C38H36Cl2N8. The molecule has 8 nitrogen and oxygen atoms in total.